The standard InChI is InChI=1S/C27H27N7O6/c1-4-5-7-15-21(22-17(37-2)8-6-9-18(22)38-3)24(35)23(26(36)30-15)27-33-32-20(39-27)11-10-19-31-25(34-40-19)16-14-28-12-13-29-16/h6,8-9,12-14H,4-5,7,10-11H2,1-3H3,(H2,30,35,36). The van der Waals surface area contributed by atoms with Crippen molar-refractivity contribution in [3.05, 3.63) is 64.6 Å². The summed E-state index contributed by atoms with van der Waals surface area (Å²) < 4.78 is 22.2. The number of aromatic amines is 1. The third-order valence-corrected chi connectivity index (χ3v) is 6.22. The Labute approximate surface area is 228 Å². The quantitative estimate of drug-likeness (QED) is 0.246. The highest BCUT2D eigenvalue weighted by atomic mass is 16.5. The molecule has 4 heterocycles. The van der Waals surface area contributed by atoms with E-state index in [0.717, 1.165) is 12.8 Å². The van der Waals surface area contributed by atoms with Crippen LogP contribution in [0.4, 0.5) is 0 Å². The highest BCUT2D eigenvalue weighted by Gasteiger charge is 2.27. The van der Waals surface area contributed by atoms with Crippen LogP contribution in [-0.2, 0) is 19.3 Å². The van der Waals surface area contributed by atoms with Crippen molar-refractivity contribution in [2.24, 2.45) is 0 Å². The van der Waals surface area contributed by atoms with E-state index in [-0.39, 0.29) is 29.5 Å². The van der Waals surface area contributed by atoms with E-state index < -0.39 is 5.56 Å². The van der Waals surface area contributed by atoms with E-state index in [4.69, 9.17) is 18.4 Å². The molecule has 5 rings (SSSR count). The predicted molar refractivity (Wildman–Crippen MR) is 142 cm³/mol. The Kier molecular flexibility index (Phi) is 7.80. The first-order chi connectivity index (χ1) is 19.5. The number of pyridine rings is 1. The van der Waals surface area contributed by atoms with Crippen molar-refractivity contribution >= 4 is 0 Å². The fraction of sp³-hybridized carbons (Fsp3) is 0.296. The highest BCUT2D eigenvalue weighted by molar-refractivity contribution is 5.86. The molecular weight excluding hydrogens is 518 g/mol. The van der Waals surface area contributed by atoms with Crippen LogP contribution in [-0.4, -0.2) is 54.6 Å². The van der Waals surface area contributed by atoms with Crippen LogP contribution >= 0.6 is 0 Å². The molecule has 0 spiro atoms. The van der Waals surface area contributed by atoms with Gasteiger partial charge in [0.1, 0.15) is 28.5 Å². The lowest BCUT2D eigenvalue weighted by Crippen LogP contribution is -2.14. The van der Waals surface area contributed by atoms with Crippen molar-refractivity contribution in [1.82, 2.24) is 35.3 Å². The molecule has 40 heavy (non-hydrogen) atoms. The Hall–Kier alpha value is -5.07. The summed E-state index contributed by atoms with van der Waals surface area (Å²) in [6, 6.07) is 5.29. The van der Waals surface area contributed by atoms with Gasteiger partial charge in [-0.05, 0) is 25.0 Å². The molecule has 206 valence electrons. The lowest BCUT2D eigenvalue weighted by Gasteiger charge is -2.18. The lowest BCUT2D eigenvalue weighted by molar-refractivity contribution is 0.373. The van der Waals surface area contributed by atoms with Crippen molar-refractivity contribution in [2.75, 3.05) is 14.2 Å². The number of rotatable bonds is 11. The van der Waals surface area contributed by atoms with Crippen LogP contribution in [0.5, 0.6) is 17.2 Å². The molecule has 4 aromatic heterocycles. The Morgan fingerprint density at radius 1 is 0.975 bits per heavy atom. The maximum atomic E-state index is 13.2. The van der Waals surface area contributed by atoms with E-state index in [2.05, 4.69) is 35.3 Å². The number of methoxy groups -OCH3 is 2. The van der Waals surface area contributed by atoms with Crippen molar-refractivity contribution in [3.8, 4) is 51.3 Å². The summed E-state index contributed by atoms with van der Waals surface area (Å²) in [5.74, 6) is 1.38. The first-order valence-corrected chi connectivity index (χ1v) is 12.6. The number of benzene rings is 1. The van der Waals surface area contributed by atoms with Gasteiger partial charge in [0.25, 0.3) is 11.4 Å². The summed E-state index contributed by atoms with van der Waals surface area (Å²) in [6.45, 7) is 2.04. The van der Waals surface area contributed by atoms with Crippen LogP contribution in [0.2, 0.25) is 0 Å². The van der Waals surface area contributed by atoms with E-state index in [1.54, 1.807) is 24.4 Å². The van der Waals surface area contributed by atoms with Crippen LogP contribution in [0.25, 0.3) is 34.1 Å². The molecule has 0 saturated carbocycles. The zero-order valence-electron chi connectivity index (χ0n) is 22.2. The second kappa shape index (κ2) is 11.8. The number of nitrogens with zero attached hydrogens (tertiary/aromatic N) is 6. The first-order valence-electron chi connectivity index (χ1n) is 12.6. The second-order valence-corrected chi connectivity index (χ2v) is 8.78. The van der Waals surface area contributed by atoms with Gasteiger partial charge < -0.3 is 28.5 Å². The topological polar surface area (TPSA) is 175 Å². The normalized spacial score (nSPS) is 11.1. The third kappa shape index (κ3) is 5.25. The fourth-order valence-corrected chi connectivity index (χ4v) is 4.29. The number of unbranched alkanes of at least 4 members (excludes halogenated alkanes) is 1. The summed E-state index contributed by atoms with van der Waals surface area (Å²) >= 11 is 0. The molecule has 0 aliphatic rings. The van der Waals surface area contributed by atoms with Crippen molar-refractivity contribution in [1.29, 1.82) is 0 Å². The van der Waals surface area contributed by atoms with Gasteiger partial charge in [0.05, 0.1) is 31.5 Å². The fourth-order valence-electron chi connectivity index (χ4n) is 4.29. The van der Waals surface area contributed by atoms with Gasteiger partial charge in [-0.1, -0.05) is 24.6 Å². The van der Waals surface area contributed by atoms with Crippen molar-refractivity contribution in [3.63, 3.8) is 0 Å². The molecule has 0 bridgehead atoms. The number of hydrogen-bond acceptors (Lipinski definition) is 12. The Morgan fingerprint density at radius 2 is 1.75 bits per heavy atom. The van der Waals surface area contributed by atoms with Crippen LogP contribution in [0.1, 0.15) is 37.2 Å². The minimum absolute atomic E-state index is 0.128. The molecule has 0 atom stereocenters. The molecule has 13 nitrogen and oxygen atoms in total. The highest BCUT2D eigenvalue weighted by Crippen LogP contribution is 2.46. The summed E-state index contributed by atoms with van der Waals surface area (Å²) in [5.41, 5.74) is 1.21. The molecule has 0 aliphatic carbocycles. The maximum Gasteiger partial charge on any atom is 0.264 e. The first kappa shape index (κ1) is 26.5. The number of aryl methyl sites for hydroxylation is 3. The predicted octanol–water partition coefficient (Wildman–Crippen LogP) is 3.78. The van der Waals surface area contributed by atoms with Gasteiger partial charge in [-0.25, -0.2) is 4.98 Å². The van der Waals surface area contributed by atoms with Crippen LogP contribution in [0.3, 0.4) is 0 Å². The molecule has 0 amide bonds. The molecule has 0 aliphatic heterocycles. The Morgan fingerprint density at radius 3 is 2.45 bits per heavy atom. The molecule has 13 heteroatoms. The van der Waals surface area contributed by atoms with Gasteiger partial charge in [-0.2, -0.15) is 4.98 Å². The van der Waals surface area contributed by atoms with Crippen molar-refractivity contribution < 1.29 is 23.5 Å². The molecule has 1 aromatic carbocycles. The van der Waals surface area contributed by atoms with Gasteiger partial charge in [0.2, 0.25) is 17.6 Å². The van der Waals surface area contributed by atoms with Crippen LogP contribution < -0.4 is 15.0 Å². The van der Waals surface area contributed by atoms with E-state index in [9.17, 15) is 9.90 Å². The van der Waals surface area contributed by atoms with E-state index >= 15 is 0 Å². The maximum absolute atomic E-state index is 13.2. The lowest BCUT2D eigenvalue weighted by atomic mass is 9.96. The van der Waals surface area contributed by atoms with Gasteiger partial charge in [-0.15, -0.1) is 10.2 Å². The van der Waals surface area contributed by atoms with E-state index in [0.29, 0.717) is 58.6 Å². The number of nitrogens with one attached hydrogen (secondary N) is 1. The number of H-pyrrole nitrogens is 1. The molecular formula is C27H27N7O6. The number of aromatic hydroxyl groups is 1. The van der Waals surface area contributed by atoms with Gasteiger partial charge >= 0.3 is 0 Å². The van der Waals surface area contributed by atoms with E-state index in [1.165, 1.54) is 26.6 Å². The van der Waals surface area contributed by atoms with Gasteiger partial charge in [0.15, 0.2) is 0 Å². The molecule has 0 saturated heterocycles. The SMILES string of the molecule is CCCCc1[nH]c(=O)c(-c2nnc(CCc3nc(-c4cnccn4)no3)o2)c(O)c1-c1c(OC)cccc1OC. The average molecular weight is 546 g/mol. The van der Waals surface area contributed by atoms with Crippen LogP contribution in [0, 0.1) is 0 Å². The number of aromatic nitrogens is 7. The molecule has 5 aromatic rings. The second-order valence-electron chi connectivity index (χ2n) is 8.78. The summed E-state index contributed by atoms with van der Waals surface area (Å²) in [7, 11) is 3.05. The smallest absolute Gasteiger partial charge is 0.264 e. The van der Waals surface area contributed by atoms with E-state index in [1.807, 2.05) is 6.92 Å². The number of ether oxygens (including phenoxy) is 2. The minimum atomic E-state index is -0.554. The largest absolute Gasteiger partial charge is 0.506 e. The summed E-state index contributed by atoms with van der Waals surface area (Å²) in [6.07, 6.45) is 7.38. The van der Waals surface area contributed by atoms with Gasteiger partial charge in [-0.3, -0.25) is 9.78 Å². The molecule has 0 radical (unpaired) electrons. The van der Waals surface area contributed by atoms with Crippen LogP contribution in [0.15, 0.2) is 50.5 Å². The molecule has 2 N–H and O–H groups in total. The average Bonchev–Trinajstić information content (AvgIpc) is 3.65. The summed E-state index contributed by atoms with van der Waals surface area (Å²) in [5, 5.41) is 23.5. The zero-order chi connectivity index (χ0) is 28.1. The molecule has 0 fully saturated rings. The third-order valence-electron chi connectivity index (χ3n) is 6.22. The summed E-state index contributed by atoms with van der Waals surface area (Å²) in [4.78, 5) is 28.6. The monoisotopic (exact) mass is 545 g/mol. The number of hydrogen-bond donors (Lipinski definition) is 2. The molecule has 0 unspecified atom stereocenters. The zero-order valence-corrected chi connectivity index (χ0v) is 22.2. The van der Waals surface area contributed by atoms with Gasteiger partial charge in [0, 0.05) is 30.9 Å². The van der Waals surface area contributed by atoms with Crippen molar-refractivity contribution in [2.45, 2.75) is 39.0 Å². The minimum Gasteiger partial charge on any atom is -0.506 e. The Bertz CT molecular complexity index is 1640. The Balaban J connectivity index is 1.48.